The lowest BCUT2D eigenvalue weighted by atomic mass is 10.0. The van der Waals surface area contributed by atoms with Crippen LogP contribution in [0.25, 0.3) is 10.9 Å². The van der Waals surface area contributed by atoms with Gasteiger partial charge in [0.15, 0.2) is 0 Å². The van der Waals surface area contributed by atoms with E-state index in [1.165, 1.54) is 0 Å². The van der Waals surface area contributed by atoms with Crippen molar-refractivity contribution >= 4 is 16.8 Å². The van der Waals surface area contributed by atoms with Gasteiger partial charge >= 0.3 is 0 Å². The van der Waals surface area contributed by atoms with Crippen molar-refractivity contribution in [3.05, 3.63) is 71.4 Å². The van der Waals surface area contributed by atoms with E-state index in [0.29, 0.717) is 18.7 Å². The Bertz CT molecular complexity index is 1060. The first kappa shape index (κ1) is 22.2. The Morgan fingerprint density at radius 1 is 1.12 bits per heavy atom. The molecule has 1 aromatic heterocycles. The van der Waals surface area contributed by atoms with Crippen molar-refractivity contribution in [1.29, 1.82) is 0 Å². The van der Waals surface area contributed by atoms with Crippen molar-refractivity contribution in [2.24, 2.45) is 0 Å². The first-order valence-electron chi connectivity index (χ1n) is 11.3. The summed E-state index contributed by atoms with van der Waals surface area (Å²) in [5.74, 6) is 0.975. The Morgan fingerprint density at radius 3 is 2.75 bits per heavy atom. The van der Waals surface area contributed by atoms with E-state index in [2.05, 4.69) is 24.1 Å². The maximum Gasteiger partial charge on any atom is 0.252 e. The van der Waals surface area contributed by atoms with Crippen molar-refractivity contribution in [3.8, 4) is 5.75 Å². The molecule has 1 N–H and O–H groups in total. The fourth-order valence-corrected chi connectivity index (χ4v) is 3.82. The zero-order valence-corrected chi connectivity index (χ0v) is 18.8. The second-order valence-corrected chi connectivity index (χ2v) is 8.40. The average molecular weight is 434 g/mol. The number of pyridine rings is 1. The van der Waals surface area contributed by atoms with Crippen LogP contribution in [0.3, 0.4) is 0 Å². The molecule has 6 heteroatoms. The van der Waals surface area contributed by atoms with Crippen LogP contribution in [0.4, 0.5) is 0 Å². The lowest BCUT2D eigenvalue weighted by molar-refractivity contribution is 0.0322. The number of morpholine rings is 1. The normalized spacial score (nSPS) is 14.6. The molecule has 0 aliphatic carbocycles. The standard InChI is InChI=1S/C26H31N3O3/c1-19(2)25-17-23(22-8-3-4-9-24(22)28-25)26(30)27-18-20-6-5-7-21(16-20)32-15-12-29-10-13-31-14-11-29/h3-9,16-17,19H,10-15,18H2,1-2H3,(H,27,30). The van der Waals surface area contributed by atoms with Crippen LogP contribution in [0.5, 0.6) is 5.75 Å². The number of rotatable bonds is 8. The summed E-state index contributed by atoms with van der Waals surface area (Å²) in [4.78, 5) is 20.1. The van der Waals surface area contributed by atoms with Gasteiger partial charge in [0.1, 0.15) is 12.4 Å². The Labute approximate surface area is 189 Å². The predicted molar refractivity (Wildman–Crippen MR) is 126 cm³/mol. The summed E-state index contributed by atoms with van der Waals surface area (Å²) in [5, 5.41) is 3.93. The molecule has 168 valence electrons. The fraction of sp³-hybridized carbons (Fsp3) is 0.385. The van der Waals surface area contributed by atoms with Crippen LogP contribution in [-0.2, 0) is 11.3 Å². The van der Waals surface area contributed by atoms with Gasteiger partial charge in [-0.25, -0.2) is 0 Å². The second-order valence-electron chi connectivity index (χ2n) is 8.40. The number of hydrogen-bond acceptors (Lipinski definition) is 5. The lowest BCUT2D eigenvalue weighted by Crippen LogP contribution is -2.38. The largest absolute Gasteiger partial charge is 0.492 e. The van der Waals surface area contributed by atoms with Crippen molar-refractivity contribution in [2.75, 3.05) is 39.5 Å². The summed E-state index contributed by atoms with van der Waals surface area (Å²) in [6.07, 6.45) is 0. The van der Waals surface area contributed by atoms with Crippen molar-refractivity contribution < 1.29 is 14.3 Å². The van der Waals surface area contributed by atoms with E-state index in [4.69, 9.17) is 14.5 Å². The predicted octanol–water partition coefficient (Wildman–Crippen LogP) is 4.00. The van der Waals surface area contributed by atoms with E-state index in [9.17, 15) is 4.79 Å². The van der Waals surface area contributed by atoms with Gasteiger partial charge in [-0.1, -0.05) is 44.2 Å². The topological polar surface area (TPSA) is 63.7 Å². The van der Waals surface area contributed by atoms with Crippen LogP contribution in [-0.4, -0.2) is 55.2 Å². The maximum absolute atomic E-state index is 13.1. The second kappa shape index (κ2) is 10.6. The van der Waals surface area contributed by atoms with Gasteiger partial charge in [-0.2, -0.15) is 0 Å². The highest BCUT2D eigenvalue weighted by molar-refractivity contribution is 6.06. The monoisotopic (exact) mass is 433 g/mol. The van der Waals surface area contributed by atoms with Gasteiger partial charge in [0.2, 0.25) is 0 Å². The van der Waals surface area contributed by atoms with Crippen LogP contribution in [0, 0.1) is 0 Å². The van der Waals surface area contributed by atoms with E-state index < -0.39 is 0 Å². The number of nitrogens with one attached hydrogen (secondary N) is 1. The van der Waals surface area contributed by atoms with Gasteiger partial charge in [0, 0.05) is 37.3 Å². The smallest absolute Gasteiger partial charge is 0.252 e. The van der Waals surface area contributed by atoms with Gasteiger partial charge in [0.25, 0.3) is 5.91 Å². The first-order valence-corrected chi connectivity index (χ1v) is 11.3. The lowest BCUT2D eigenvalue weighted by Gasteiger charge is -2.26. The van der Waals surface area contributed by atoms with Crippen LogP contribution >= 0.6 is 0 Å². The summed E-state index contributed by atoms with van der Waals surface area (Å²) < 4.78 is 11.3. The Balaban J connectivity index is 1.38. The van der Waals surface area contributed by atoms with Crippen molar-refractivity contribution in [1.82, 2.24) is 15.2 Å². The highest BCUT2D eigenvalue weighted by atomic mass is 16.5. The van der Waals surface area contributed by atoms with Crippen molar-refractivity contribution in [3.63, 3.8) is 0 Å². The minimum atomic E-state index is -0.0934. The van der Waals surface area contributed by atoms with E-state index in [-0.39, 0.29) is 11.8 Å². The number of carbonyl (C=O) groups is 1. The van der Waals surface area contributed by atoms with E-state index >= 15 is 0 Å². The molecule has 2 heterocycles. The quantitative estimate of drug-likeness (QED) is 0.582. The zero-order chi connectivity index (χ0) is 22.3. The summed E-state index contributed by atoms with van der Waals surface area (Å²) in [6, 6.07) is 17.6. The molecule has 0 saturated carbocycles. The third kappa shape index (κ3) is 5.64. The van der Waals surface area contributed by atoms with Crippen LogP contribution in [0.2, 0.25) is 0 Å². The molecule has 0 bridgehead atoms. The summed E-state index contributed by atoms with van der Waals surface area (Å²) in [6.45, 7) is 9.63. The van der Waals surface area contributed by atoms with Gasteiger partial charge in [0.05, 0.1) is 24.3 Å². The molecule has 0 unspecified atom stereocenters. The molecule has 1 aliphatic heterocycles. The molecule has 0 spiro atoms. The minimum Gasteiger partial charge on any atom is -0.492 e. The average Bonchev–Trinajstić information content (AvgIpc) is 2.82. The molecule has 0 atom stereocenters. The van der Waals surface area contributed by atoms with Crippen LogP contribution in [0.15, 0.2) is 54.6 Å². The molecule has 3 aromatic rings. The Kier molecular flexibility index (Phi) is 7.35. The number of carbonyl (C=O) groups excluding carboxylic acids is 1. The highest BCUT2D eigenvalue weighted by Crippen LogP contribution is 2.22. The molecule has 2 aromatic carbocycles. The Hall–Kier alpha value is -2.96. The molecule has 1 aliphatic rings. The van der Waals surface area contributed by atoms with Crippen molar-refractivity contribution in [2.45, 2.75) is 26.3 Å². The molecule has 32 heavy (non-hydrogen) atoms. The number of fused-ring (bicyclic) bond motifs is 1. The molecule has 1 fully saturated rings. The van der Waals surface area contributed by atoms with Gasteiger partial charge in [-0.15, -0.1) is 0 Å². The molecule has 4 rings (SSSR count). The minimum absolute atomic E-state index is 0.0934. The SMILES string of the molecule is CC(C)c1cc(C(=O)NCc2cccc(OCCN3CCOCC3)c2)c2ccccc2n1. The summed E-state index contributed by atoms with van der Waals surface area (Å²) in [5.41, 5.74) is 3.44. The van der Waals surface area contributed by atoms with E-state index in [0.717, 1.165) is 60.8 Å². The van der Waals surface area contributed by atoms with Crippen LogP contribution in [0.1, 0.15) is 41.4 Å². The number of nitrogens with zero attached hydrogens (tertiary/aromatic N) is 2. The fourth-order valence-electron chi connectivity index (χ4n) is 3.82. The zero-order valence-electron chi connectivity index (χ0n) is 18.8. The molecular weight excluding hydrogens is 402 g/mol. The number of ether oxygens (including phenoxy) is 2. The van der Waals surface area contributed by atoms with Crippen LogP contribution < -0.4 is 10.1 Å². The molecular formula is C26H31N3O3. The third-order valence-electron chi connectivity index (χ3n) is 5.70. The molecule has 1 saturated heterocycles. The highest BCUT2D eigenvalue weighted by Gasteiger charge is 2.14. The van der Waals surface area contributed by atoms with E-state index in [1.807, 2.05) is 54.6 Å². The van der Waals surface area contributed by atoms with Gasteiger partial charge in [-0.05, 0) is 35.7 Å². The first-order chi connectivity index (χ1) is 15.6. The summed E-state index contributed by atoms with van der Waals surface area (Å²) >= 11 is 0. The number of aromatic nitrogens is 1. The maximum atomic E-state index is 13.1. The number of benzene rings is 2. The number of amides is 1. The number of para-hydroxylation sites is 1. The van der Waals surface area contributed by atoms with E-state index in [1.54, 1.807) is 0 Å². The molecule has 6 nitrogen and oxygen atoms in total. The molecule has 1 amide bonds. The summed E-state index contributed by atoms with van der Waals surface area (Å²) in [7, 11) is 0. The third-order valence-corrected chi connectivity index (χ3v) is 5.70. The number of hydrogen-bond donors (Lipinski definition) is 1. The molecule has 0 radical (unpaired) electrons. The Morgan fingerprint density at radius 2 is 1.94 bits per heavy atom. The van der Waals surface area contributed by atoms with Gasteiger partial charge in [-0.3, -0.25) is 14.7 Å². The van der Waals surface area contributed by atoms with Gasteiger partial charge < -0.3 is 14.8 Å².